The third kappa shape index (κ3) is 4.33. The van der Waals surface area contributed by atoms with E-state index in [0.29, 0.717) is 33.7 Å². The number of nitrogens with zero attached hydrogens (tertiary/aromatic N) is 4. The van der Waals surface area contributed by atoms with Crippen LogP contribution in [0.4, 0.5) is 15.9 Å². The van der Waals surface area contributed by atoms with Crippen molar-refractivity contribution in [3.8, 4) is 22.4 Å². The van der Waals surface area contributed by atoms with Crippen LogP contribution in [0.5, 0.6) is 0 Å². The van der Waals surface area contributed by atoms with Gasteiger partial charge in [0.1, 0.15) is 23.6 Å². The number of aryl methyl sites for hydroxylation is 1. The van der Waals surface area contributed by atoms with Gasteiger partial charge in [0.25, 0.3) is 11.8 Å². The Labute approximate surface area is 213 Å². The average Bonchev–Trinajstić information content (AvgIpc) is 3.52. The van der Waals surface area contributed by atoms with Gasteiger partial charge >= 0.3 is 0 Å². The number of rotatable bonds is 5. The smallest absolute Gasteiger partial charge is 0.253 e. The van der Waals surface area contributed by atoms with Gasteiger partial charge in [0, 0.05) is 42.4 Å². The predicted octanol–water partition coefficient (Wildman–Crippen LogP) is 4.77. The van der Waals surface area contributed by atoms with Crippen LogP contribution in [0.15, 0.2) is 60.9 Å². The highest BCUT2D eigenvalue weighted by molar-refractivity contribution is 6.08. The lowest BCUT2D eigenvalue weighted by Crippen LogP contribution is -2.27. The molecule has 5 rings (SSSR count). The molecule has 0 aliphatic carbocycles. The van der Waals surface area contributed by atoms with Crippen LogP contribution >= 0.6 is 0 Å². The molecule has 2 aromatic carbocycles. The summed E-state index contributed by atoms with van der Waals surface area (Å²) in [6.07, 6.45) is 3.43. The molecular formula is C28H27FN6O2. The normalized spacial score (nSPS) is 13.2. The number of likely N-dealkylation sites (tertiary alicyclic amines) is 1. The maximum atomic E-state index is 15.1. The highest BCUT2D eigenvalue weighted by atomic mass is 19.1. The molecule has 37 heavy (non-hydrogen) atoms. The maximum absolute atomic E-state index is 15.1. The first-order valence-corrected chi connectivity index (χ1v) is 12.0. The summed E-state index contributed by atoms with van der Waals surface area (Å²) in [4.78, 5) is 35.3. The third-order valence-corrected chi connectivity index (χ3v) is 6.69. The second kappa shape index (κ2) is 9.50. The van der Waals surface area contributed by atoms with Crippen LogP contribution in [0, 0.1) is 5.82 Å². The van der Waals surface area contributed by atoms with Crippen LogP contribution in [-0.2, 0) is 11.8 Å². The topological polar surface area (TPSA) is 106 Å². The van der Waals surface area contributed by atoms with Gasteiger partial charge in [0.2, 0.25) is 0 Å². The molecule has 2 amide bonds. The van der Waals surface area contributed by atoms with Crippen molar-refractivity contribution < 1.29 is 14.0 Å². The van der Waals surface area contributed by atoms with Gasteiger partial charge < -0.3 is 20.5 Å². The lowest BCUT2D eigenvalue weighted by Gasteiger charge is -2.15. The first-order valence-electron chi connectivity index (χ1n) is 12.0. The number of amides is 2. The summed E-state index contributed by atoms with van der Waals surface area (Å²) >= 11 is 0. The van der Waals surface area contributed by atoms with Crippen molar-refractivity contribution in [1.82, 2.24) is 19.4 Å². The fourth-order valence-corrected chi connectivity index (χ4v) is 4.77. The number of carbonyl (C=O) groups is 2. The Bertz CT molecular complexity index is 1550. The zero-order valence-electron chi connectivity index (χ0n) is 20.7. The van der Waals surface area contributed by atoms with Crippen molar-refractivity contribution in [2.75, 3.05) is 24.1 Å². The van der Waals surface area contributed by atoms with Crippen molar-refractivity contribution in [1.29, 1.82) is 0 Å². The number of halogens is 1. The Morgan fingerprint density at radius 2 is 1.73 bits per heavy atom. The number of nitrogen functional groups attached to an aromatic ring is 1. The molecule has 0 unspecified atom stereocenters. The van der Waals surface area contributed by atoms with E-state index >= 15 is 4.39 Å². The fourth-order valence-electron chi connectivity index (χ4n) is 4.77. The summed E-state index contributed by atoms with van der Waals surface area (Å²) in [7, 11) is 1.83. The van der Waals surface area contributed by atoms with Gasteiger partial charge in [-0.2, -0.15) is 0 Å². The second-order valence-corrected chi connectivity index (χ2v) is 9.25. The zero-order valence-corrected chi connectivity index (χ0v) is 20.7. The Kier molecular flexibility index (Phi) is 6.20. The Morgan fingerprint density at radius 1 is 1.05 bits per heavy atom. The number of anilines is 2. The van der Waals surface area contributed by atoms with Gasteiger partial charge in [0.05, 0.1) is 16.8 Å². The number of nitrogens with two attached hydrogens (primary N) is 1. The maximum Gasteiger partial charge on any atom is 0.253 e. The quantitative estimate of drug-likeness (QED) is 0.386. The third-order valence-electron chi connectivity index (χ3n) is 6.69. The molecule has 3 heterocycles. The first-order chi connectivity index (χ1) is 17.8. The van der Waals surface area contributed by atoms with E-state index in [-0.39, 0.29) is 17.2 Å². The summed E-state index contributed by atoms with van der Waals surface area (Å²) in [6, 6.07) is 11.9. The second-order valence-electron chi connectivity index (χ2n) is 9.25. The molecule has 2 aromatic heterocycles. The fraction of sp³-hybridized carbons (Fsp3) is 0.214. The van der Waals surface area contributed by atoms with Gasteiger partial charge in [-0.05, 0) is 49.6 Å². The Hall–Kier alpha value is -4.53. The number of hydrogen-bond acceptors (Lipinski definition) is 5. The van der Waals surface area contributed by atoms with E-state index in [1.54, 1.807) is 25.1 Å². The van der Waals surface area contributed by atoms with E-state index in [0.717, 1.165) is 37.1 Å². The molecule has 4 aromatic rings. The van der Waals surface area contributed by atoms with E-state index in [2.05, 4.69) is 21.9 Å². The SMILES string of the molecule is C=C(C)C(=O)Nc1ccc(-c2c(-c3ccc(C(=O)N4CCCC4)cc3)c3c(N)ncnc3n2C)cc1F. The van der Waals surface area contributed by atoms with Crippen LogP contribution in [0.2, 0.25) is 0 Å². The minimum Gasteiger partial charge on any atom is -0.383 e. The van der Waals surface area contributed by atoms with E-state index < -0.39 is 11.7 Å². The zero-order chi connectivity index (χ0) is 26.3. The van der Waals surface area contributed by atoms with Gasteiger partial charge in [-0.3, -0.25) is 9.59 Å². The summed E-state index contributed by atoms with van der Waals surface area (Å²) in [5.74, 6) is -0.734. The summed E-state index contributed by atoms with van der Waals surface area (Å²) in [6.45, 7) is 6.69. The minimum absolute atomic E-state index is 0.0134. The monoisotopic (exact) mass is 498 g/mol. The van der Waals surface area contributed by atoms with E-state index in [1.165, 1.54) is 18.5 Å². The van der Waals surface area contributed by atoms with Crippen LogP contribution in [0.1, 0.15) is 30.1 Å². The van der Waals surface area contributed by atoms with Crippen LogP contribution in [0.25, 0.3) is 33.4 Å². The lowest BCUT2D eigenvalue weighted by molar-refractivity contribution is -0.112. The average molecular weight is 499 g/mol. The molecule has 8 nitrogen and oxygen atoms in total. The molecule has 1 saturated heterocycles. The largest absolute Gasteiger partial charge is 0.383 e. The lowest BCUT2D eigenvalue weighted by atomic mass is 9.97. The van der Waals surface area contributed by atoms with Crippen LogP contribution in [-0.4, -0.2) is 44.3 Å². The van der Waals surface area contributed by atoms with E-state index in [1.807, 2.05) is 28.6 Å². The van der Waals surface area contributed by atoms with Crippen molar-refractivity contribution in [2.24, 2.45) is 7.05 Å². The number of hydrogen-bond donors (Lipinski definition) is 2. The Morgan fingerprint density at radius 3 is 2.38 bits per heavy atom. The van der Waals surface area contributed by atoms with Crippen LogP contribution in [0.3, 0.4) is 0 Å². The number of benzene rings is 2. The number of nitrogens with one attached hydrogen (secondary N) is 1. The molecule has 0 bridgehead atoms. The van der Waals surface area contributed by atoms with Crippen molar-refractivity contribution >= 4 is 34.4 Å². The molecule has 0 radical (unpaired) electrons. The Balaban J connectivity index is 1.62. The van der Waals surface area contributed by atoms with Gasteiger partial charge in [0.15, 0.2) is 0 Å². The number of fused-ring (bicyclic) bond motifs is 1. The predicted molar refractivity (Wildman–Crippen MR) is 142 cm³/mol. The molecule has 1 aliphatic rings. The standard InChI is InChI=1S/C28H27FN6O2/c1-16(2)27(36)33-21-11-10-19(14-20(21)29)24-22(23-25(30)31-15-32-26(23)34(24)3)17-6-8-18(9-7-17)28(37)35-12-4-5-13-35/h6-11,14-15H,1,4-5,12-13H2,2-3H3,(H,33,36)(H2,30,31,32). The molecular weight excluding hydrogens is 471 g/mol. The molecule has 3 N–H and O–H groups in total. The molecule has 0 atom stereocenters. The minimum atomic E-state index is -0.589. The van der Waals surface area contributed by atoms with Crippen molar-refractivity contribution in [3.63, 3.8) is 0 Å². The summed E-state index contributed by atoms with van der Waals surface area (Å²) in [5, 5.41) is 3.16. The van der Waals surface area contributed by atoms with E-state index in [4.69, 9.17) is 5.73 Å². The van der Waals surface area contributed by atoms with Crippen molar-refractivity contribution in [3.05, 3.63) is 72.3 Å². The van der Waals surface area contributed by atoms with Gasteiger partial charge in [-0.15, -0.1) is 0 Å². The van der Waals surface area contributed by atoms with Crippen LogP contribution < -0.4 is 11.1 Å². The van der Waals surface area contributed by atoms with Gasteiger partial charge in [-0.1, -0.05) is 24.8 Å². The highest BCUT2D eigenvalue weighted by Crippen LogP contribution is 2.42. The van der Waals surface area contributed by atoms with Crippen molar-refractivity contribution in [2.45, 2.75) is 19.8 Å². The molecule has 9 heteroatoms. The molecule has 1 fully saturated rings. The number of carbonyl (C=O) groups excluding carboxylic acids is 2. The molecule has 0 saturated carbocycles. The summed E-state index contributed by atoms with van der Waals surface area (Å²) < 4.78 is 16.9. The van der Waals surface area contributed by atoms with E-state index in [9.17, 15) is 9.59 Å². The number of aromatic nitrogens is 3. The van der Waals surface area contributed by atoms with Gasteiger partial charge in [-0.25, -0.2) is 14.4 Å². The highest BCUT2D eigenvalue weighted by Gasteiger charge is 2.24. The molecule has 0 spiro atoms. The molecule has 1 aliphatic heterocycles. The first kappa shape index (κ1) is 24.2. The molecule has 188 valence electrons. The summed E-state index contributed by atoms with van der Waals surface area (Å²) in [5.41, 5.74) is 10.6.